The second-order valence-corrected chi connectivity index (χ2v) is 12.9. The highest BCUT2D eigenvalue weighted by Gasteiger charge is 2.35. The van der Waals surface area contributed by atoms with Gasteiger partial charge in [0.2, 0.25) is 5.91 Å². The van der Waals surface area contributed by atoms with Crippen LogP contribution in [0, 0.1) is 5.92 Å². The Kier molecular flexibility index (Phi) is 12.7. The lowest BCUT2D eigenvalue weighted by Crippen LogP contribution is -2.48. The molecule has 246 valence electrons. The fraction of sp³-hybridized carbons (Fsp3) is 0.429. The number of aliphatic hydroxyl groups excluding tert-OH is 2. The predicted octanol–water partition coefficient (Wildman–Crippen LogP) is 5.11. The fourth-order valence-corrected chi connectivity index (χ4v) is 5.76. The highest BCUT2D eigenvalue weighted by molar-refractivity contribution is 7.17. The summed E-state index contributed by atoms with van der Waals surface area (Å²) in [6, 6.07) is 23.0. The molecule has 0 bridgehead atoms. The van der Waals surface area contributed by atoms with E-state index in [4.69, 9.17) is 14.0 Å². The van der Waals surface area contributed by atoms with Crippen molar-refractivity contribution in [2.75, 3.05) is 13.2 Å². The number of fused-ring (bicyclic) bond motifs is 1. The smallest absolute Gasteiger partial charge is 0.407 e. The topological polar surface area (TPSA) is 143 Å². The summed E-state index contributed by atoms with van der Waals surface area (Å²) < 4.78 is 26.3. The summed E-state index contributed by atoms with van der Waals surface area (Å²) in [6.45, 7) is 5.69. The van der Waals surface area contributed by atoms with Crippen LogP contribution < -0.4 is 15.4 Å². The second-order valence-electron chi connectivity index (χ2n) is 12.5. The molecular weight excluding hydrogens is 607 g/mol. The van der Waals surface area contributed by atoms with E-state index in [1.54, 1.807) is 32.9 Å². The molecule has 0 radical (unpaired) electrons. The fourth-order valence-electron chi connectivity index (χ4n) is 5.61. The van der Waals surface area contributed by atoms with Crippen LogP contribution in [0.1, 0.15) is 55.5 Å². The van der Waals surface area contributed by atoms with Gasteiger partial charge in [0, 0.05) is 12.3 Å². The number of ether oxygens (including phenoxy) is 2. The molecule has 3 aromatic carbocycles. The molecule has 0 heterocycles. The minimum Gasteiger partial charge on any atom is -0.491 e. The van der Waals surface area contributed by atoms with Gasteiger partial charge in [0.1, 0.15) is 18.0 Å². The molecule has 4 N–H and O–H groups in total. The van der Waals surface area contributed by atoms with Crippen molar-refractivity contribution in [1.29, 1.82) is 0 Å². The molecule has 3 unspecified atom stereocenters. The predicted molar refractivity (Wildman–Crippen MR) is 174 cm³/mol. The van der Waals surface area contributed by atoms with Gasteiger partial charge in [0.15, 0.2) is 0 Å². The van der Waals surface area contributed by atoms with Gasteiger partial charge in [0.25, 0.3) is 0 Å². The molecule has 0 saturated heterocycles. The molecule has 10 nitrogen and oxygen atoms in total. The molecule has 1 aliphatic rings. The van der Waals surface area contributed by atoms with Crippen molar-refractivity contribution in [2.24, 2.45) is 5.92 Å². The maximum atomic E-state index is 13.9. The Morgan fingerprint density at radius 3 is 2.30 bits per heavy atom. The Morgan fingerprint density at radius 1 is 0.935 bits per heavy atom. The maximum Gasteiger partial charge on any atom is 0.407 e. The summed E-state index contributed by atoms with van der Waals surface area (Å²) in [7, 11) is -0.405. The summed E-state index contributed by atoms with van der Waals surface area (Å²) in [5.41, 5.74) is 2.87. The van der Waals surface area contributed by atoms with Crippen molar-refractivity contribution < 1.29 is 38.4 Å². The Bertz CT molecular complexity index is 1430. The summed E-state index contributed by atoms with van der Waals surface area (Å²) in [4.78, 5) is 26.8. The first-order valence-corrected chi connectivity index (χ1v) is 16.2. The zero-order valence-electron chi connectivity index (χ0n) is 26.4. The first kappa shape index (κ1) is 35.0. The summed E-state index contributed by atoms with van der Waals surface area (Å²) in [5.74, 6) is -0.430. The number of aliphatic hydroxyl groups is 2. The standard InChI is InChI=1S/C35H43N2O8P/c1-35(2,3)45-34(41)36-29(20-23-9-5-4-6-10-23)30(38)22-26(19-24-13-15-27(16-14-24)43-17-18-44-46-42)33(40)37-32-28-12-8-7-11-25(28)21-31(32)39/h4-16,26,29-32,38-39H,17-22H2,1-3H3,(H,36,41)(H,37,40)/t26?,29?,30?,31-,32-/m0/s1. The van der Waals surface area contributed by atoms with E-state index < -0.39 is 50.6 Å². The minimum atomic E-state index is -1.10. The lowest BCUT2D eigenvalue weighted by atomic mass is 9.88. The van der Waals surface area contributed by atoms with Gasteiger partial charge in [-0.3, -0.25) is 9.32 Å². The van der Waals surface area contributed by atoms with Crippen molar-refractivity contribution in [3.05, 3.63) is 101 Å². The van der Waals surface area contributed by atoms with E-state index in [9.17, 15) is 24.4 Å². The SMILES string of the molecule is CC(C)(C)OC(=O)NC(Cc1ccccc1)C(O)CC(Cc1ccc(OCCOP=O)cc1)C(=O)N[C@H]1c2ccccc2C[C@@H]1O. The van der Waals surface area contributed by atoms with Crippen molar-refractivity contribution in [3.63, 3.8) is 0 Å². The maximum absolute atomic E-state index is 13.9. The van der Waals surface area contributed by atoms with Crippen LogP contribution in [0.25, 0.3) is 0 Å². The van der Waals surface area contributed by atoms with Gasteiger partial charge in [-0.2, -0.15) is 0 Å². The van der Waals surface area contributed by atoms with Crippen LogP contribution in [0.2, 0.25) is 0 Å². The molecule has 46 heavy (non-hydrogen) atoms. The van der Waals surface area contributed by atoms with E-state index >= 15 is 0 Å². The van der Waals surface area contributed by atoms with Crippen LogP contribution in [0.5, 0.6) is 5.75 Å². The Hall–Kier alpha value is -3.82. The van der Waals surface area contributed by atoms with Gasteiger partial charge in [-0.05, 0) is 74.4 Å². The van der Waals surface area contributed by atoms with Crippen LogP contribution in [0.15, 0.2) is 78.9 Å². The average molecular weight is 651 g/mol. The van der Waals surface area contributed by atoms with Crippen LogP contribution in [0.3, 0.4) is 0 Å². The molecule has 0 aromatic heterocycles. The number of hydrogen-bond acceptors (Lipinski definition) is 8. The summed E-state index contributed by atoms with van der Waals surface area (Å²) in [6.07, 6.45) is -1.44. The molecule has 5 atom stereocenters. The molecule has 0 fully saturated rings. The summed E-state index contributed by atoms with van der Waals surface area (Å²) >= 11 is 0. The van der Waals surface area contributed by atoms with Crippen LogP contribution in [0.4, 0.5) is 4.79 Å². The zero-order chi connectivity index (χ0) is 33.1. The molecule has 0 spiro atoms. The Morgan fingerprint density at radius 2 is 1.61 bits per heavy atom. The van der Waals surface area contributed by atoms with E-state index in [0.29, 0.717) is 18.6 Å². The lowest BCUT2D eigenvalue weighted by Gasteiger charge is -2.29. The molecule has 0 saturated carbocycles. The zero-order valence-corrected chi connectivity index (χ0v) is 27.3. The second kappa shape index (κ2) is 16.7. The number of rotatable bonds is 15. The van der Waals surface area contributed by atoms with Gasteiger partial charge in [-0.25, -0.2) is 9.36 Å². The molecule has 1 aliphatic carbocycles. The Labute approximate surface area is 271 Å². The third kappa shape index (κ3) is 10.6. The normalized spacial score (nSPS) is 17.8. The van der Waals surface area contributed by atoms with Crippen LogP contribution in [-0.2, 0) is 37.9 Å². The number of carbonyl (C=O) groups is 2. The van der Waals surface area contributed by atoms with Crippen LogP contribution in [-0.4, -0.2) is 59.3 Å². The van der Waals surface area contributed by atoms with Gasteiger partial charge < -0.3 is 30.3 Å². The molecule has 3 aromatic rings. The molecule has 4 rings (SSSR count). The molecule has 2 amide bonds. The van der Waals surface area contributed by atoms with Crippen molar-refractivity contribution >= 4 is 20.7 Å². The first-order chi connectivity index (χ1) is 22.0. The lowest BCUT2D eigenvalue weighted by molar-refractivity contribution is -0.127. The third-order valence-corrected chi connectivity index (χ3v) is 8.05. The number of amides is 2. The van der Waals surface area contributed by atoms with Gasteiger partial charge in [0.05, 0.1) is 30.9 Å². The highest BCUT2D eigenvalue weighted by Crippen LogP contribution is 2.32. The van der Waals surface area contributed by atoms with E-state index in [0.717, 1.165) is 22.3 Å². The Balaban J connectivity index is 1.54. The average Bonchev–Trinajstić information content (AvgIpc) is 3.33. The van der Waals surface area contributed by atoms with Crippen molar-refractivity contribution in [1.82, 2.24) is 10.6 Å². The third-order valence-electron chi connectivity index (χ3n) is 7.77. The van der Waals surface area contributed by atoms with E-state index in [1.807, 2.05) is 66.7 Å². The summed E-state index contributed by atoms with van der Waals surface area (Å²) in [5, 5.41) is 28.3. The monoisotopic (exact) mass is 650 g/mol. The first-order valence-electron chi connectivity index (χ1n) is 15.5. The number of alkyl carbamates (subject to hydrolysis) is 1. The molecule has 0 aliphatic heterocycles. The minimum absolute atomic E-state index is 0.0353. The highest BCUT2D eigenvalue weighted by atomic mass is 31.1. The van der Waals surface area contributed by atoms with Gasteiger partial charge >= 0.3 is 14.8 Å². The van der Waals surface area contributed by atoms with Gasteiger partial charge in [-0.15, -0.1) is 0 Å². The number of hydrogen-bond donors (Lipinski definition) is 4. The van der Waals surface area contributed by atoms with E-state index in [2.05, 4.69) is 10.6 Å². The quantitative estimate of drug-likeness (QED) is 0.131. The number of nitrogens with one attached hydrogen (secondary N) is 2. The molecule has 11 heteroatoms. The van der Waals surface area contributed by atoms with Gasteiger partial charge in [-0.1, -0.05) is 66.7 Å². The molecular formula is C35H43N2O8P. The number of carbonyl (C=O) groups excluding carboxylic acids is 2. The van der Waals surface area contributed by atoms with E-state index in [1.165, 1.54) is 0 Å². The van der Waals surface area contributed by atoms with Crippen molar-refractivity contribution in [3.8, 4) is 5.75 Å². The van der Waals surface area contributed by atoms with E-state index in [-0.39, 0.29) is 32.0 Å². The van der Waals surface area contributed by atoms with Crippen LogP contribution >= 0.6 is 8.69 Å². The largest absolute Gasteiger partial charge is 0.491 e. The number of benzene rings is 3. The van der Waals surface area contributed by atoms with Crippen molar-refractivity contribution in [2.45, 2.75) is 76.3 Å².